The van der Waals surface area contributed by atoms with Gasteiger partial charge in [0.15, 0.2) is 11.8 Å². The molecule has 0 aliphatic carbocycles. The maximum absolute atomic E-state index is 4.60. The first-order chi connectivity index (χ1) is 10.6. The van der Waals surface area contributed by atoms with Crippen molar-refractivity contribution >= 4 is 5.96 Å². The van der Waals surface area contributed by atoms with E-state index in [-0.39, 0.29) is 0 Å². The van der Waals surface area contributed by atoms with Crippen LogP contribution in [0.5, 0.6) is 0 Å². The molecule has 1 rings (SSSR count). The summed E-state index contributed by atoms with van der Waals surface area (Å²) < 4.78 is 1.96. The zero-order valence-corrected chi connectivity index (χ0v) is 14.4. The van der Waals surface area contributed by atoms with E-state index < -0.39 is 0 Å². The quantitative estimate of drug-likeness (QED) is 0.318. The predicted octanol–water partition coefficient (Wildman–Crippen LogP) is 2.31. The molecule has 1 atom stereocenters. The van der Waals surface area contributed by atoms with Gasteiger partial charge in [-0.15, -0.1) is 16.8 Å². The van der Waals surface area contributed by atoms with Gasteiger partial charge in [-0.2, -0.15) is 0 Å². The maximum Gasteiger partial charge on any atom is 0.192 e. The molecule has 0 spiro atoms. The van der Waals surface area contributed by atoms with E-state index in [4.69, 9.17) is 0 Å². The third kappa shape index (κ3) is 6.28. The second-order valence-electron chi connectivity index (χ2n) is 5.60. The number of unbranched alkanes of at least 4 members (excludes halogenated alkanes) is 2. The van der Waals surface area contributed by atoms with Crippen LogP contribution < -0.4 is 10.6 Å². The molecule has 0 fully saturated rings. The molecular formula is C16H30N6. The van der Waals surface area contributed by atoms with Gasteiger partial charge in [0.1, 0.15) is 12.4 Å². The fraction of sp³-hybridized carbons (Fsp3) is 0.688. The normalized spacial score (nSPS) is 13.0. The van der Waals surface area contributed by atoms with Gasteiger partial charge in [0.05, 0.1) is 0 Å². The minimum Gasteiger partial charge on any atom is -0.354 e. The lowest BCUT2D eigenvalue weighted by atomic mass is 10.1. The van der Waals surface area contributed by atoms with Crippen LogP contribution in [-0.2, 0) is 13.6 Å². The number of aliphatic imine (C=N–C) groups is 1. The number of guanidine groups is 1. The smallest absolute Gasteiger partial charge is 0.192 e. The topological polar surface area (TPSA) is 67.1 Å². The minimum absolute atomic E-state index is 0.392. The molecule has 0 bridgehead atoms. The fourth-order valence-electron chi connectivity index (χ4n) is 2.07. The van der Waals surface area contributed by atoms with E-state index in [9.17, 15) is 0 Å². The van der Waals surface area contributed by atoms with Crippen LogP contribution in [0.25, 0.3) is 0 Å². The molecule has 1 aromatic rings. The number of nitrogens with zero attached hydrogens (tertiary/aromatic N) is 4. The molecule has 22 heavy (non-hydrogen) atoms. The Morgan fingerprint density at radius 2 is 2.18 bits per heavy atom. The van der Waals surface area contributed by atoms with Crippen molar-refractivity contribution in [1.82, 2.24) is 25.4 Å². The summed E-state index contributed by atoms with van der Waals surface area (Å²) in [5, 5.41) is 14.9. The Kier molecular flexibility index (Phi) is 8.25. The first-order valence-corrected chi connectivity index (χ1v) is 8.09. The van der Waals surface area contributed by atoms with E-state index in [1.807, 2.05) is 24.6 Å². The zero-order valence-electron chi connectivity index (χ0n) is 14.4. The van der Waals surface area contributed by atoms with Gasteiger partial charge >= 0.3 is 0 Å². The second kappa shape index (κ2) is 9.97. The van der Waals surface area contributed by atoms with Gasteiger partial charge in [0, 0.05) is 19.6 Å². The van der Waals surface area contributed by atoms with Crippen molar-refractivity contribution in [1.29, 1.82) is 0 Å². The molecule has 124 valence electrons. The summed E-state index contributed by atoms with van der Waals surface area (Å²) in [7, 11) is 1.96. The summed E-state index contributed by atoms with van der Waals surface area (Å²) in [6, 6.07) is 0.392. The molecule has 0 aliphatic heterocycles. The SMILES string of the molecule is C=CCNC(=NCc1nnc(C)n1C)NC(C)CCCCC. The van der Waals surface area contributed by atoms with Crippen LogP contribution in [0.15, 0.2) is 17.6 Å². The van der Waals surface area contributed by atoms with Crippen molar-refractivity contribution in [3.05, 3.63) is 24.3 Å². The lowest BCUT2D eigenvalue weighted by Gasteiger charge is -2.17. The number of hydrogen-bond donors (Lipinski definition) is 2. The van der Waals surface area contributed by atoms with Crippen LogP contribution in [0.3, 0.4) is 0 Å². The monoisotopic (exact) mass is 306 g/mol. The predicted molar refractivity (Wildman–Crippen MR) is 91.8 cm³/mol. The highest BCUT2D eigenvalue weighted by Gasteiger charge is 2.07. The molecule has 1 heterocycles. The van der Waals surface area contributed by atoms with E-state index >= 15 is 0 Å². The molecule has 0 aromatic carbocycles. The van der Waals surface area contributed by atoms with Crippen LogP contribution in [0.4, 0.5) is 0 Å². The van der Waals surface area contributed by atoms with E-state index in [2.05, 4.69) is 46.2 Å². The van der Waals surface area contributed by atoms with Gasteiger partial charge in [-0.05, 0) is 20.3 Å². The average Bonchev–Trinajstić information content (AvgIpc) is 2.82. The molecular weight excluding hydrogens is 276 g/mol. The zero-order chi connectivity index (χ0) is 16.4. The highest BCUT2D eigenvalue weighted by Crippen LogP contribution is 2.03. The van der Waals surface area contributed by atoms with E-state index in [1.54, 1.807) is 0 Å². The van der Waals surface area contributed by atoms with Crippen molar-refractivity contribution in [2.45, 2.75) is 59.0 Å². The Morgan fingerprint density at radius 1 is 1.41 bits per heavy atom. The molecule has 0 radical (unpaired) electrons. The summed E-state index contributed by atoms with van der Waals surface area (Å²) in [4.78, 5) is 4.60. The molecule has 2 N–H and O–H groups in total. The Labute approximate surface area is 134 Å². The first-order valence-electron chi connectivity index (χ1n) is 8.09. The van der Waals surface area contributed by atoms with Gasteiger partial charge < -0.3 is 15.2 Å². The molecule has 1 unspecified atom stereocenters. The largest absolute Gasteiger partial charge is 0.354 e. The number of aryl methyl sites for hydroxylation is 1. The lowest BCUT2D eigenvalue weighted by molar-refractivity contribution is 0.547. The lowest BCUT2D eigenvalue weighted by Crippen LogP contribution is -2.42. The fourth-order valence-corrected chi connectivity index (χ4v) is 2.07. The summed E-state index contributed by atoms with van der Waals surface area (Å²) in [5.41, 5.74) is 0. The van der Waals surface area contributed by atoms with Crippen LogP contribution in [0, 0.1) is 6.92 Å². The van der Waals surface area contributed by atoms with Crippen molar-refractivity contribution < 1.29 is 0 Å². The van der Waals surface area contributed by atoms with Gasteiger partial charge in [-0.1, -0.05) is 32.3 Å². The van der Waals surface area contributed by atoms with Crippen LogP contribution in [0.2, 0.25) is 0 Å². The van der Waals surface area contributed by atoms with E-state index in [0.717, 1.165) is 24.0 Å². The third-order valence-electron chi connectivity index (χ3n) is 3.60. The molecule has 6 nitrogen and oxygen atoms in total. The first kappa shape index (κ1) is 18.2. The highest BCUT2D eigenvalue weighted by atomic mass is 15.3. The summed E-state index contributed by atoms with van der Waals surface area (Å²) in [6.45, 7) is 11.3. The number of aromatic nitrogens is 3. The maximum atomic E-state index is 4.60. The molecule has 6 heteroatoms. The second-order valence-corrected chi connectivity index (χ2v) is 5.60. The number of rotatable bonds is 9. The molecule has 0 saturated heterocycles. The Hall–Kier alpha value is -1.85. The Bertz CT molecular complexity index is 477. The minimum atomic E-state index is 0.392. The molecule has 0 saturated carbocycles. The van der Waals surface area contributed by atoms with E-state index in [0.29, 0.717) is 19.1 Å². The van der Waals surface area contributed by atoms with Crippen LogP contribution in [-0.4, -0.2) is 33.3 Å². The van der Waals surface area contributed by atoms with Gasteiger partial charge in [-0.3, -0.25) is 0 Å². The van der Waals surface area contributed by atoms with Crippen molar-refractivity contribution in [3.63, 3.8) is 0 Å². The molecule has 1 aromatic heterocycles. The molecule has 0 amide bonds. The number of hydrogen-bond acceptors (Lipinski definition) is 3. The summed E-state index contributed by atoms with van der Waals surface area (Å²) >= 11 is 0. The van der Waals surface area contributed by atoms with Gasteiger partial charge in [0.2, 0.25) is 0 Å². The van der Waals surface area contributed by atoms with Crippen LogP contribution >= 0.6 is 0 Å². The van der Waals surface area contributed by atoms with E-state index in [1.165, 1.54) is 19.3 Å². The number of nitrogens with one attached hydrogen (secondary N) is 2. The Balaban J connectivity index is 2.60. The van der Waals surface area contributed by atoms with Gasteiger partial charge in [0.25, 0.3) is 0 Å². The third-order valence-corrected chi connectivity index (χ3v) is 3.60. The van der Waals surface area contributed by atoms with Crippen LogP contribution in [0.1, 0.15) is 51.2 Å². The van der Waals surface area contributed by atoms with Crippen molar-refractivity contribution in [2.75, 3.05) is 6.54 Å². The van der Waals surface area contributed by atoms with Gasteiger partial charge in [-0.25, -0.2) is 4.99 Å². The summed E-state index contributed by atoms with van der Waals surface area (Å²) in [6.07, 6.45) is 6.73. The summed E-state index contributed by atoms with van der Waals surface area (Å²) in [5.74, 6) is 2.55. The highest BCUT2D eigenvalue weighted by molar-refractivity contribution is 5.80. The molecule has 0 aliphatic rings. The Morgan fingerprint density at radius 3 is 2.77 bits per heavy atom. The van der Waals surface area contributed by atoms with Crippen molar-refractivity contribution in [2.24, 2.45) is 12.0 Å². The average molecular weight is 306 g/mol. The standard InChI is InChI=1S/C16H30N6/c1-6-8-9-10-13(3)19-16(17-11-7-2)18-12-15-21-20-14(4)22(15)5/h7,13H,2,6,8-12H2,1,3-5H3,(H2,17,18,19). The van der Waals surface area contributed by atoms with Crippen molar-refractivity contribution in [3.8, 4) is 0 Å².